The normalized spacial score (nSPS) is 13.8. The summed E-state index contributed by atoms with van der Waals surface area (Å²) in [6, 6.07) is 27.4. The largest absolute Gasteiger partial charge is 3.00 e. The third-order valence-electron chi connectivity index (χ3n) is 16.5. The Morgan fingerprint density at radius 1 is 0.134 bits per heavy atom. The predicted octanol–water partition coefficient (Wildman–Crippen LogP) is 27.3. The van der Waals surface area contributed by atoms with Crippen LogP contribution in [0, 0.1) is 124 Å². The molecular formula is C75H165CrSi6. The zero-order valence-electron chi connectivity index (χ0n) is 64.3. The molecule has 0 saturated heterocycles. The van der Waals surface area contributed by atoms with Gasteiger partial charge in [0.2, 0.25) is 0 Å². The predicted molar refractivity (Wildman–Crippen MR) is 401 cm³/mol. The molecule has 0 unspecified atom stereocenters. The van der Waals surface area contributed by atoms with Crippen LogP contribution in [0.1, 0.15) is 249 Å². The van der Waals surface area contributed by atoms with Crippen molar-refractivity contribution in [3.8, 4) is 0 Å². The van der Waals surface area contributed by atoms with E-state index in [0.717, 1.165) is 107 Å². The number of rotatable bonds is 42. The topological polar surface area (TPSA) is 0 Å². The van der Waals surface area contributed by atoms with Gasteiger partial charge in [0.15, 0.2) is 0 Å². The van der Waals surface area contributed by atoms with Crippen LogP contribution in [-0.4, -0.2) is 48.4 Å². The summed E-state index contributed by atoms with van der Waals surface area (Å²) in [5.41, 5.74) is 9.71. The van der Waals surface area contributed by atoms with Crippen LogP contribution in [0.5, 0.6) is 0 Å². The minimum atomic E-state index is -1.38. The van der Waals surface area contributed by atoms with Gasteiger partial charge in [-0.05, 0) is 0 Å². The Bertz CT molecular complexity index is 1060. The van der Waals surface area contributed by atoms with Gasteiger partial charge >= 0.3 is 17.4 Å². The van der Waals surface area contributed by atoms with E-state index < -0.39 is 48.4 Å². The summed E-state index contributed by atoms with van der Waals surface area (Å²) in [5.74, 6) is 15.2. The average molecular weight is 1290 g/mol. The second-order valence-corrected chi connectivity index (χ2v) is 64.5. The zero-order chi connectivity index (χ0) is 64.2. The molecule has 495 valence electrons. The minimum Gasteiger partial charge on any atom is -0.325 e. The first-order valence-electron chi connectivity index (χ1n) is 36.2. The first kappa shape index (κ1) is 90.3. The van der Waals surface area contributed by atoms with E-state index in [1.54, 1.807) is 0 Å². The molecule has 0 aromatic carbocycles. The van der Waals surface area contributed by atoms with E-state index in [0.29, 0.717) is 0 Å². The SMILES string of the molecule is CC(C)C[Si]([CH-][Si](CC(C)C)(CC(C)C)CC(C)C)(CC(C)C)CC(C)C.CC(C)C[Si]([CH-][Si](CC(C)C)(CC(C)C)CC(C)C)(CC(C)C)CC(C)C.CC(C)C[Si]([CH-][Si](CC(C)C)(CC(C)C)CC(C)C)(CC(C)C)CC(C)C.[Cr+3]. The molecule has 0 amide bonds. The second-order valence-electron chi connectivity index (χ2n) is 37.4. The fourth-order valence-electron chi connectivity index (χ4n) is 19.1. The van der Waals surface area contributed by atoms with Crippen LogP contribution in [-0.2, 0) is 17.4 Å². The molecule has 0 fully saturated rings. The van der Waals surface area contributed by atoms with E-state index in [9.17, 15) is 0 Å². The molecule has 0 nitrogen and oxygen atoms in total. The van der Waals surface area contributed by atoms with E-state index in [-0.39, 0.29) is 17.4 Å². The van der Waals surface area contributed by atoms with Crippen molar-refractivity contribution < 1.29 is 17.4 Å². The molecule has 82 heavy (non-hydrogen) atoms. The summed E-state index contributed by atoms with van der Waals surface area (Å²) in [5, 5.41) is 0. The van der Waals surface area contributed by atoms with Crippen molar-refractivity contribution in [1.82, 2.24) is 0 Å². The van der Waals surface area contributed by atoms with Gasteiger partial charge in [0.05, 0.1) is 0 Å². The Morgan fingerprint density at radius 2 is 0.183 bits per heavy atom. The third kappa shape index (κ3) is 44.3. The monoisotopic (exact) mass is 1290 g/mol. The summed E-state index contributed by atoms with van der Waals surface area (Å²) in [4.78, 5) is 0. The summed E-state index contributed by atoms with van der Waals surface area (Å²) >= 11 is 0. The van der Waals surface area contributed by atoms with Crippen LogP contribution < -0.4 is 0 Å². The zero-order valence-corrected chi connectivity index (χ0v) is 71.5. The van der Waals surface area contributed by atoms with E-state index in [1.165, 1.54) is 109 Å². The first-order valence-corrected chi connectivity index (χ1v) is 52.4. The Morgan fingerprint density at radius 3 is 0.220 bits per heavy atom. The quantitative estimate of drug-likeness (QED) is 0.0422. The molecular weight excluding hydrogens is 1120 g/mol. The molecule has 0 rings (SSSR count). The Labute approximate surface area is 543 Å². The van der Waals surface area contributed by atoms with Crippen molar-refractivity contribution in [2.24, 2.45) is 107 Å². The van der Waals surface area contributed by atoms with E-state index in [1.807, 2.05) is 0 Å². The standard InChI is InChI=1S/3C25H55Si2.Cr/c3*1-20(2)13-26(14-21(3)4,15-22(5)6)19-27(16-23(7)8,17-24(9)10)18-25(11)12;/h3*19-25H,13-18H2,1-12H3;/q3*-1;+3. The van der Waals surface area contributed by atoms with Gasteiger partial charge in [-0.3, -0.25) is 0 Å². The Kier molecular flexibility index (Phi) is 48.0. The van der Waals surface area contributed by atoms with Gasteiger partial charge in [-0.1, -0.05) is 513 Å². The fraction of sp³-hybridized carbons (Fsp3) is 0.960. The van der Waals surface area contributed by atoms with Crippen LogP contribution >= 0.6 is 0 Å². The number of hydrogen-bond acceptors (Lipinski definition) is 0. The Balaban J connectivity index is -0.000000553. The molecule has 0 N–H and O–H groups in total. The molecule has 0 aliphatic heterocycles. The molecule has 0 aliphatic carbocycles. The van der Waals surface area contributed by atoms with Gasteiger partial charge < -0.3 is 17.0 Å². The fourth-order valence-corrected chi connectivity index (χ4v) is 75.5. The molecule has 0 aromatic rings. The summed E-state index contributed by atoms with van der Waals surface area (Å²) in [7, 11) is -8.30. The summed E-state index contributed by atoms with van der Waals surface area (Å²) < 4.78 is 0. The van der Waals surface area contributed by atoms with Gasteiger partial charge in [-0.25, -0.2) is 0 Å². The molecule has 0 heterocycles. The van der Waals surface area contributed by atoms with Crippen LogP contribution in [0.3, 0.4) is 0 Å². The van der Waals surface area contributed by atoms with E-state index in [2.05, 4.69) is 266 Å². The maximum absolute atomic E-state index is 3.24. The summed E-state index contributed by atoms with van der Waals surface area (Å²) in [6.07, 6.45) is 0. The maximum Gasteiger partial charge on any atom is 3.00 e. The molecule has 0 aliphatic rings. The summed E-state index contributed by atoms with van der Waals surface area (Å²) in [6.45, 7) is 89.2. The van der Waals surface area contributed by atoms with Crippen molar-refractivity contribution >= 4 is 48.4 Å². The Hall–Kier alpha value is 1.83. The van der Waals surface area contributed by atoms with Gasteiger partial charge in [0.1, 0.15) is 0 Å². The van der Waals surface area contributed by atoms with Crippen molar-refractivity contribution in [3.05, 3.63) is 17.0 Å². The van der Waals surface area contributed by atoms with Crippen LogP contribution in [0.4, 0.5) is 0 Å². The van der Waals surface area contributed by atoms with Crippen molar-refractivity contribution in [3.63, 3.8) is 0 Å². The molecule has 0 saturated carbocycles. The minimum absolute atomic E-state index is 0. The molecule has 1 radical (unpaired) electrons. The van der Waals surface area contributed by atoms with E-state index in [4.69, 9.17) is 0 Å². The molecule has 0 spiro atoms. The van der Waals surface area contributed by atoms with Gasteiger partial charge in [-0.2, -0.15) is 0 Å². The molecule has 0 atom stereocenters. The van der Waals surface area contributed by atoms with Crippen LogP contribution in [0.2, 0.25) is 109 Å². The molecule has 7 heteroatoms. The second kappa shape index (κ2) is 43.6. The van der Waals surface area contributed by atoms with Gasteiger partial charge in [0, 0.05) is 0 Å². The van der Waals surface area contributed by atoms with E-state index >= 15 is 0 Å². The molecule has 0 bridgehead atoms. The number of hydrogen-bond donors (Lipinski definition) is 0. The smallest absolute Gasteiger partial charge is 0.325 e. The third-order valence-corrected chi connectivity index (χ3v) is 60.5. The van der Waals surface area contributed by atoms with Gasteiger partial charge in [0.25, 0.3) is 0 Å². The first-order chi connectivity index (χ1) is 36.6. The maximum atomic E-state index is 3.24. The average Bonchev–Trinajstić information content (AvgIpc) is 3.12. The van der Waals surface area contributed by atoms with Crippen LogP contribution in [0.25, 0.3) is 0 Å². The van der Waals surface area contributed by atoms with Crippen molar-refractivity contribution in [1.29, 1.82) is 0 Å². The van der Waals surface area contributed by atoms with Crippen molar-refractivity contribution in [2.45, 2.75) is 358 Å². The van der Waals surface area contributed by atoms with Crippen LogP contribution in [0.15, 0.2) is 0 Å². The van der Waals surface area contributed by atoms with Crippen molar-refractivity contribution in [2.75, 3.05) is 0 Å². The molecule has 0 aromatic heterocycles. The van der Waals surface area contributed by atoms with Gasteiger partial charge in [-0.15, -0.1) is 0 Å².